The van der Waals surface area contributed by atoms with Gasteiger partial charge >= 0.3 is 0 Å². The van der Waals surface area contributed by atoms with Crippen LogP contribution in [0.3, 0.4) is 0 Å². The van der Waals surface area contributed by atoms with Crippen LogP contribution in [0.5, 0.6) is 0 Å². The first-order chi connectivity index (χ1) is 26.8. The lowest BCUT2D eigenvalue weighted by Gasteiger charge is -2.17. The van der Waals surface area contributed by atoms with Crippen LogP contribution < -0.4 is 0 Å². The molecule has 9 rings (SSSR count). The van der Waals surface area contributed by atoms with E-state index in [4.69, 9.17) is 15.0 Å². The fourth-order valence-corrected chi connectivity index (χ4v) is 7.01. The SMILES string of the molecule is c1ccc(-c2ccc(-c3nc(-c4ccc(-c5ccccc5)cc4)nc(-c4cccc(-c5ccccc5)c4-c4ccc(-c5ccccc5)cc4)n3)cc2)cc1. The maximum absolute atomic E-state index is 5.23. The molecule has 254 valence electrons. The van der Waals surface area contributed by atoms with Crippen molar-refractivity contribution < 1.29 is 0 Å². The third-order valence-corrected chi connectivity index (χ3v) is 9.81. The van der Waals surface area contributed by atoms with E-state index in [2.05, 4.69) is 194 Å². The summed E-state index contributed by atoms with van der Waals surface area (Å²) in [6, 6.07) is 74.1. The monoisotopic (exact) mass is 689 g/mol. The van der Waals surface area contributed by atoms with Crippen molar-refractivity contribution in [1.29, 1.82) is 0 Å². The van der Waals surface area contributed by atoms with Gasteiger partial charge in [0.1, 0.15) is 0 Å². The molecule has 8 aromatic carbocycles. The molecular weight excluding hydrogens is 655 g/mol. The molecule has 1 aromatic heterocycles. The Labute approximate surface area is 316 Å². The molecule has 0 N–H and O–H groups in total. The highest BCUT2D eigenvalue weighted by atomic mass is 15.0. The smallest absolute Gasteiger partial charge is 0.164 e. The molecule has 0 amide bonds. The summed E-state index contributed by atoms with van der Waals surface area (Å²) in [6.45, 7) is 0. The molecule has 9 aromatic rings. The van der Waals surface area contributed by atoms with Crippen molar-refractivity contribution in [2.24, 2.45) is 0 Å². The van der Waals surface area contributed by atoms with Crippen molar-refractivity contribution in [1.82, 2.24) is 15.0 Å². The van der Waals surface area contributed by atoms with Gasteiger partial charge in [0.25, 0.3) is 0 Å². The molecule has 0 fully saturated rings. The zero-order chi connectivity index (χ0) is 36.1. The Balaban J connectivity index is 1.21. The molecule has 3 nitrogen and oxygen atoms in total. The van der Waals surface area contributed by atoms with Crippen LogP contribution in [0.2, 0.25) is 0 Å². The quantitative estimate of drug-likeness (QED) is 0.159. The van der Waals surface area contributed by atoms with E-state index in [1.54, 1.807) is 0 Å². The van der Waals surface area contributed by atoms with Gasteiger partial charge in [0.15, 0.2) is 17.5 Å². The summed E-state index contributed by atoms with van der Waals surface area (Å²) in [6.07, 6.45) is 0. The minimum atomic E-state index is 0.620. The first-order valence-electron chi connectivity index (χ1n) is 18.2. The molecule has 0 aliphatic carbocycles. The average molecular weight is 690 g/mol. The Morgan fingerprint density at radius 2 is 0.481 bits per heavy atom. The van der Waals surface area contributed by atoms with E-state index >= 15 is 0 Å². The number of aromatic nitrogens is 3. The van der Waals surface area contributed by atoms with Crippen molar-refractivity contribution in [3.63, 3.8) is 0 Å². The van der Waals surface area contributed by atoms with Crippen molar-refractivity contribution in [3.8, 4) is 89.8 Å². The molecule has 0 unspecified atom stereocenters. The van der Waals surface area contributed by atoms with E-state index in [1.165, 1.54) is 22.3 Å². The molecule has 0 saturated carbocycles. The summed E-state index contributed by atoms with van der Waals surface area (Å²) in [5, 5.41) is 0. The van der Waals surface area contributed by atoms with Crippen LogP contribution in [-0.4, -0.2) is 15.0 Å². The minimum absolute atomic E-state index is 0.620. The second-order valence-corrected chi connectivity index (χ2v) is 13.2. The Hall–Kier alpha value is -7.23. The van der Waals surface area contributed by atoms with Crippen LogP contribution in [0.25, 0.3) is 89.8 Å². The van der Waals surface area contributed by atoms with Gasteiger partial charge in [0.2, 0.25) is 0 Å². The highest BCUT2D eigenvalue weighted by molar-refractivity contribution is 5.94. The number of benzene rings is 8. The van der Waals surface area contributed by atoms with Gasteiger partial charge in [-0.25, -0.2) is 15.0 Å². The molecule has 0 aliphatic rings. The van der Waals surface area contributed by atoms with Gasteiger partial charge in [-0.2, -0.15) is 0 Å². The summed E-state index contributed by atoms with van der Waals surface area (Å²) in [5.41, 5.74) is 14.2. The highest BCUT2D eigenvalue weighted by Crippen LogP contribution is 2.40. The van der Waals surface area contributed by atoms with Crippen molar-refractivity contribution in [2.45, 2.75) is 0 Å². The maximum atomic E-state index is 5.23. The molecule has 0 spiro atoms. The summed E-state index contributed by atoms with van der Waals surface area (Å²) >= 11 is 0. The molecule has 1 heterocycles. The zero-order valence-electron chi connectivity index (χ0n) is 29.5. The Morgan fingerprint density at radius 3 is 0.889 bits per heavy atom. The molecule has 3 heteroatoms. The number of nitrogens with zero attached hydrogens (tertiary/aromatic N) is 3. The molecule has 0 atom stereocenters. The van der Waals surface area contributed by atoms with Crippen LogP contribution in [-0.2, 0) is 0 Å². The number of rotatable bonds is 8. The molecule has 0 radical (unpaired) electrons. The molecule has 0 saturated heterocycles. The first kappa shape index (κ1) is 32.7. The van der Waals surface area contributed by atoms with Gasteiger partial charge in [-0.15, -0.1) is 0 Å². The van der Waals surface area contributed by atoms with E-state index in [1.807, 2.05) is 18.2 Å². The van der Waals surface area contributed by atoms with E-state index in [-0.39, 0.29) is 0 Å². The highest BCUT2D eigenvalue weighted by Gasteiger charge is 2.19. The van der Waals surface area contributed by atoms with Crippen LogP contribution in [0, 0.1) is 0 Å². The third-order valence-electron chi connectivity index (χ3n) is 9.81. The number of hydrogen-bond donors (Lipinski definition) is 0. The van der Waals surface area contributed by atoms with Crippen LogP contribution >= 0.6 is 0 Å². The topological polar surface area (TPSA) is 38.7 Å². The predicted octanol–water partition coefficient (Wildman–Crippen LogP) is 13.2. The van der Waals surface area contributed by atoms with Gasteiger partial charge < -0.3 is 0 Å². The van der Waals surface area contributed by atoms with Gasteiger partial charge in [0, 0.05) is 22.3 Å². The molecule has 54 heavy (non-hydrogen) atoms. The van der Waals surface area contributed by atoms with Crippen molar-refractivity contribution in [2.75, 3.05) is 0 Å². The first-order valence-corrected chi connectivity index (χ1v) is 18.2. The summed E-state index contributed by atoms with van der Waals surface area (Å²) in [5.74, 6) is 1.86. The lowest BCUT2D eigenvalue weighted by molar-refractivity contribution is 1.07. The van der Waals surface area contributed by atoms with E-state index in [0.717, 1.165) is 50.1 Å². The van der Waals surface area contributed by atoms with Crippen LogP contribution in [0.4, 0.5) is 0 Å². The lowest BCUT2D eigenvalue weighted by Crippen LogP contribution is -2.02. The average Bonchev–Trinajstić information content (AvgIpc) is 3.27. The standard InChI is InChI=1S/C51H35N3/c1-5-14-36(15-6-1)39-24-30-43(31-25-39)48-46(42-20-11-4-12-21-42)22-13-23-47(48)51-53-49(44-32-26-40(27-33-44)37-16-7-2-8-17-37)52-50(54-51)45-34-28-41(29-35-45)38-18-9-3-10-19-38/h1-35H. The van der Waals surface area contributed by atoms with Gasteiger partial charge in [0.05, 0.1) is 0 Å². The maximum Gasteiger partial charge on any atom is 0.164 e. The summed E-state index contributed by atoms with van der Waals surface area (Å²) < 4.78 is 0. The fraction of sp³-hybridized carbons (Fsp3) is 0. The molecule has 0 aliphatic heterocycles. The summed E-state index contributed by atoms with van der Waals surface area (Å²) in [4.78, 5) is 15.6. The fourth-order valence-electron chi connectivity index (χ4n) is 7.01. The van der Waals surface area contributed by atoms with E-state index < -0.39 is 0 Å². The lowest BCUT2D eigenvalue weighted by atomic mass is 9.89. The van der Waals surface area contributed by atoms with Gasteiger partial charge in [-0.1, -0.05) is 212 Å². The third kappa shape index (κ3) is 6.74. The Kier molecular flexibility index (Phi) is 8.94. The molecule has 0 bridgehead atoms. The Bertz CT molecular complexity index is 2540. The normalized spacial score (nSPS) is 11.0. The van der Waals surface area contributed by atoms with E-state index in [0.29, 0.717) is 17.5 Å². The van der Waals surface area contributed by atoms with Crippen LogP contribution in [0.1, 0.15) is 0 Å². The minimum Gasteiger partial charge on any atom is -0.208 e. The predicted molar refractivity (Wildman–Crippen MR) is 223 cm³/mol. The van der Waals surface area contributed by atoms with Crippen molar-refractivity contribution >= 4 is 0 Å². The van der Waals surface area contributed by atoms with Gasteiger partial charge in [-0.05, 0) is 50.1 Å². The van der Waals surface area contributed by atoms with E-state index in [9.17, 15) is 0 Å². The van der Waals surface area contributed by atoms with Gasteiger partial charge in [-0.3, -0.25) is 0 Å². The zero-order valence-corrected chi connectivity index (χ0v) is 29.5. The van der Waals surface area contributed by atoms with Crippen molar-refractivity contribution in [3.05, 3.63) is 212 Å². The largest absolute Gasteiger partial charge is 0.208 e. The Morgan fingerprint density at radius 1 is 0.185 bits per heavy atom. The number of hydrogen-bond acceptors (Lipinski definition) is 3. The summed E-state index contributed by atoms with van der Waals surface area (Å²) in [7, 11) is 0. The molecular formula is C51H35N3. The second kappa shape index (κ2) is 14.8. The van der Waals surface area contributed by atoms with Crippen LogP contribution in [0.15, 0.2) is 212 Å². The second-order valence-electron chi connectivity index (χ2n) is 13.2.